The van der Waals surface area contributed by atoms with Gasteiger partial charge in [0.05, 0.1) is 18.2 Å². The summed E-state index contributed by atoms with van der Waals surface area (Å²) in [6.45, 7) is 0.0413. The van der Waals surface area contributed by atoms with Crippen LogP contribution in [0.5, 0.6) is 0 Å². The molecule has 0 heterocycles. The highest BCUT2D eigenvalue weighted by Crippen LogP contribution is 2.21. The molecule has 0 fully saturated rings. The van der Waals surface area contributed by atoms with Gasteiger partial charge >= 0.3 is 0 Å². The first-order chi connectivity index (χ1) is 9.72. The first-order valence-corrected chi connectivity index (χ1v) is 7.33. The highest BCUT2D eigenvalue weighted by molar-refractivity contribution is 7.97. The summed E-state index contributed by atoms with van der Waals surface area (Å²) >= 11 is 1.59. The molecule has 2 aromatic carbocycles. The molecule has 0 aliphatic rings. The van der Waals surface area contributed by atoms with E-state index in [1.165, 1.54) is 12.1 Å². The summed E-state index contributed by atoms with van der Waals surface area (Å²) < 4.78 is 13.6. The Morgan fingerprint density at radius 1 is 1.05 bits per heavy atom. The highest BCUT2D eigenvalue weighted by Gasteiger charge is 2.04. The van der Waals surface area contributed by atoms with Crippen LogP contribution in [0.1, 0.15) is 22.3 Å². The van der Waals surface area contributed by atoms with Gasteiger partial charge in [-0.25, -0.2) is 4.39 Å². The average molecular weight is 287 g/mol. The van der Waals surface area contributed by atoms with Gasteiger partial charge in [-0.1, -0.05) is 24.3 Å². The van der Waals surface area contributed by atoms with Crippen molar-refractivity contribution in [3.63, 3.8) is 0 Å². The van der Waals surface area contributed by atoms with Crippen molar-refractivity contribution in [2.45, 2.75) is 18.1 Å². The molecule has 0 aromatic heterocycles. The zero-order chi connectivity index (χ0) is 14.4. The zero-order valence-corrected chi connectivity index (χ0v) is 11.7. The molecule has 20 heavy (non-hydrogen) atoms. The van der Waals surface area contributed by atoms with Gasteiger partial charge in [0.2, 0.25) is 0 Å². The lowest BCUT2D eigenvalue weighted by Gasteiger charge is -2.05. The van der Waals surface area contributed by atoms with Crippen LogP contribution in [-0.4, -0.2) is 5.11 Å². The number of aliphatic hydroxyl groups excluding tert-OH is 1. The van der Waals surface area contributed by atoms with Crippen LogP contribution in [0, 0.1) is 17.1 Å². The van der Waals surface area contributed by atoms with Crippen molar-refractivity contribution in [1.82, 2.24) is 0 Å². The van der Waals surface area contributed by atoms with E-state index >= 15 is 0 Å². The zero-order valence-electron chi connectivity index (χ0n) is 10.8. The van der Waals surface area contributed by atoms with E-state index in [4.69, 9.17) is 10.4 Å². The second kappa shape index (κ2) is 7.09. The lowest BCUT2D eigenvalue weighted by Crippen LogP contribution is -1.90. The van der Waals surface area contributed by atoms with Gasteiger partial charge in [-0.3, -0.25) is 0 Å². The summed E-state index contributed by atoms with van der Waals surface area (Å²) in [6, 6.07) is 14.1. The van der Waals surface area contributed by atoms with E-state index in [0.717, 1.165) is 16.9 Å². The topological polar surface area (TPSA) is 44.0 Å². The number of nitriles is 1. The Morgan fingerprint density at radius 3 is 2.40 bits per heavy atom. The molecule has 102 valence electrons. The first-order valence-electron chi connectivity index (χ1n) is 6.18. The van der Waals surface area contributed by atoms with Crippen LogP contribution in [0.3, 0.4) is 0 Å². The molecule has 0 amide bonds. The van der Waals surface area contributed by atoms with Gasteiger partial charge in [0.15, 0.2) is 0 Å². The summed E-state index contributed by atoms with van der Waals surface area (Å²) in [7, 11) is 0. The Morgan fingerprint density at radius 2 is 1.75 bits per heavy atom. The number of thioether (sulfide) groups is 1. The van der Waals surface area contributed by atoms with Gasteiger partial charge in [-0.15, -0.1) is 0 Å². The Kier molecular flexibility index (Phi) is 5.16. The molecule has 0 bridgehead atoms. The molecule has 0 aliphatic carbocycles. The third kappa shape index (κ3) is 3.83. The number of nitrogens with zero attached hydrogens (tertiary/aromatic N) is 1. The molecule has 0 aliphatic heterocycles. The van der Waals surface area contributed by atoms with Crippen LogP contribution in [0.4, 0.5) is 4.39 Å². The Balaban J connectivity index is 1.94. The van der Waals surface area contributed by atoms with Crippen molar-refractivity contribution in [3.05, 3.63) is 70.5 Å². The van der Waals surface area contributed by atoms with Crippen LogP contribution in [-0.2, 0) is 18.1 Å². The first kappa shape index (κ1) is 14.6. The lowest BCUT2D eigenvalue weighted by molar-refractivity contribution is 0.282. The number of benzene rings is 2. The van der Waals surface area contributed by atoms with Crippen molar-refractivity contribution < 1.29 is 9.50 Å². The maximum Gasteiger partial charge on any atom is 0.127 e. The molecular weight excluding hydrogens is 273 g/mol. The van der Waals surface area contributed by atoms with E-state index in [-0.39, 0.29) is 12.4 Å². The summed E-state index contributed by atoms with van der Waals surface area (Å²) in [5.74, 6) is 1.03. The number of hydrogen-bond acceptors (Lipinski definition) is 3. The molecular formula is C16H14FNOS. The monoisotopic (exact) mass is 287 g/mol. The highest BCUT2D eigenvalue weighted by atomic mass is 32.2. The molecule has 0 atom stereocenters. The van der Waals surface area contributed by atoms with E-state index < -0.39 is 0 Å². The third-order valence-electron chi connectivity index (χ3n) is 2.91. The molecule has 2 nitrogen and oxygen atoms in total. The van der Waals surface area contributed by atoms with E-state index in [2.05, 4.69) is 0 Å². The van der Waals surface area contributed by atoms with E-state index in [1.807, 2.05) is 30.3 Å². The van der Waals surface area contributed by atoms with Gasteiger partial charge in [0.25, 0.3) is 0 Å². The molecule has 0 saturated carbocycles. The molecule has 0 spiro atoms. The van der Waals surface area contributed by atoms with Crippen LogP contribution < -0.4 is 0 Å². The number of aliphatic hydroxyl groups is 1. The number of halogens is 1. The Bertz CT molecular complexity index is 619. The predicted octanol–water partition coefficient (Wildman–Crippen LogP) is 3.62. The SMILES string of the molecule is N#Cc1ccc(F)c(CSCc2ccc(CO)cc2)c1. The molecule has 4 heteroatoms. The lowest BCUT2D eigenvalue weighted by atomic mass is 10.1. The quantitative estimate of drug-likeness (QED) is 0.913. The van der Waals surface area contributed by atoms with Crippen molar-refractivity contribution in [1.29, 1.82) is 5.26 Å². The predicted molar refractivity (Wildman–Crippen MR) is 78.5 cm³/mol. The largest absolute Gasteiger partial charge is 0.392 e. The van der Waals surface area contributed by atoms with Gasteiger partial charge < -0.3 is 5.11 Å². The second-order valence-electron chi connectivity index (χ2n) is 4.39. The fraction of sp³-hybridized carbons (Fsp3) is 0.188. The molecule has 0 unspecified atom stereocenters. The maximum atomic E-state index is 13.6. The van der Waals surface area contributed by atoms with E-state index in [9.17, 15) is 4.39 Å². The van der Waals surface area contributed by atoms with E-state index in [1.54, 1.807) is 17.8 Å². The van der Waals surface area contributed by atoms with Crippen molar-refractivity contribution in [2.24, 2.45) is 0 Å². The second-order valence-corrected chi connectivity index (χ2v) is 5.37. The fourth-order valence-electron chi connectivity index (χ4n) is 1.77. The molecule has 0 saturated heterocycles. The maximum absolute atomic E-state index is 13.6. The molecule has 1 N–H and O–H groups in total. The molecule has 0 radical (unpaired) electrons. The van der Waals surface area contributed by atoms with Crippen LogP contribution >= 0.6 is 11.8 Å². The summed E-state index contributed by atoms with van der Waals surface area (Å²) in [5, 5.41) is 17.8. The van der Waals surface area contributed by atoms with Crippen LogP contribution in [0.25, 0.3) is 0 Å². The minimum atomic E-state index is -0.271. The normalized spacial score (nSPS) is 10.2. The minimum absolute atomic E-state index is 0.0413. The van der Waals surface area contributed by atoms with Gasteiger partial charge in [-0.2, -0.15) is 17.0 Å². The third-order valence-corrected chi connectivity index (χ3v) is 3.96. The van der Waals surface area contributed by atoms with Crippen LogP contribution in [0.2, 0.25) is 0 Å². The van der Waals surface area contributed by atoms with Gasteiger partial charge in [0, 0.05) is 11.5 Å². The van der Waals surface area contributed by atoms with Crippen LogP contribution in [0.15, 0.2) is 42.5 Å². The van der Waals surface area contributed by atoms with E-state index in [0.29, 0.717) is 16.9 Å². The van der Waals surface area contributed by atoms with Crippen molar-refractivity contribution in [2.75, 3.05) is 0 Å². The Labute approximate surface area is 121 Å². The standard InChI is InChI=1S/C16H14FNOS/c17-16-6-5-14(8-18)7-15(16)11-20-10-13-3-1-12(9-19)2-4-13/h1-7,19H,9-11H2. The molecule has 2 aromatic rings. The number of hydrogen-bond donors (Lipinski definition) is 1. The summed E-state index contributed by atoms with van der Waals surface area (Å²) in [6.07, 6.45) is 0. The number of rotatable bonds is 5. The van der Waals surface area contributed by atoms with Gasteiger partial charge in [0.1, 0.15) is 5.82 Å². The van der Waals surface area contributed by atoms with Gasteiger partial charge in [-0.05, 0) is 34.9 Å². The average Bonchev–Trinajstić information content (AvgIpc) is 2.50. The van der Waals surface area contributed by atoms with Crippen molar-refractivity contribution in [3.8, 4) is 6.07 Å². The molecule has 2 rings (SSSR count). The fourth-order valence-corrected chi connectivity index (χ4v) is 2.75. The Hall–Kier alpha value is -1.83. The summed E-state index contributed by atoms with van der Waals surface area (Å²) in [5.41, 5.74) is 3.05. The minimum Gasteiger partial charge on any atom is -0.392 e. The summed E-state index contributed by atoms with van der Waals surface area (Å²) in [4.78, 5) is 0. The smallest absolute Gasteiger partial charge is 0.127 e. The van der Waals surface area contributed by atoms with Crippen molar-refractivity contribution >= 4 is 11.8 Å².